The molecule has 0 saturated carbocycles. The zero-order valence-electron chi connectivity index (χ0n) is 10.6. The first-order valence-corrected chi connectivity index (χ1v) is 6.68. The van der Waals surface area contributed by atoms with Crippen molar-refractivity contribution in [3.63, 3.8) is 0 Å². The van der Waals surface area contributed by atoms with Crippen LogP contribution in [0.2, 0.25) is 0 Å². The molecule has 1 aromatic carbocycles. The van der Waals surface area contributed by atoms with Gasteiger partial charge in [0.25, 0.3) is 0 Å². The highest BCUT2D eigenvalue weighted by Gasteiger charge is 2.19. The second kappa shape index (κ2) is 5.63. The molecule has 1 heterocycles. The van der Waals surface area contributed by atoms with E-state index in [1.807, 2.05) is 31.3 Å². The van der Waals surface area contributed by atoms with Crippen LogP contribution in [0.15, 0.2) is 33.3 Å². The van der Waals surface area contributed by atoms with E-state index >= 15 is 0 Å². The molecule has 0 spiro atoms. The molecule has 0 bridgehead atoms. The van der Waals surface area contributed by atoms with E-state index in [0.717, 1.165) is 10.0 Å². The SMILES string of the molecule is CNC(C)C(C)c1nc(-c2ccc(Br)cc2)no1. The second-order valence-electron chi connectivity index (χ2n) is 4.33. The van der Waals surface area contributed by atoms with E-state index in [0.29, 0.717) is 17.8 Å². The Hall–Kier alpha value is -1.20. The van der Waals surface area contributed by atoms with Crippen molar-refractivity contribution in [1.82, 2.24) is 15.5 Å². The lowest BCUT2D eigenvalue weighted by molar-refractivity contribution is 0.336. The number of aromatic nitrogens is 2. The van der Waals surface area contributed by atoms with E-state index in [4.69, 9.17) is 4.52 Å². The third-order valence-corrected chi connectivity index (χ3v) is 3.67. The summed E-state index contributed by atoms with van der Waals surface area (Å²) in [6, 6.07) is 8.15. The Morgan fingerprint density at radius 2 is 1.89 bits per heavy atom. The fraction of sp³-hybridized carbons (Fsp3) is 0.385. The smallest absolute Gasteiger partial charge is 0.231 e. The zero-order valence-corrected chi connectivity index (χ0v) is 12.2. The fourth-order valence-electron chi connectivity index (χ4n) is 1.60. The summed E-state index contributed by atoms with van der Waals surface area (Å²) in [7, 11) is 1.92. The number of hydrogen-bond donors (Lipinski definition) is 1. The molecule has 5 heteroatoms. The van der Waals surface area contributed by atoms with Crippen molar-refractivity contribution >= 4 is 15.9 Å². The quantitative estimate of drug-likeness (QED) is 0.942. The highest BCUT2D eigenvalue weighted by atomic mass is 79.9. The molecule has 1 aromatic heterocycles. The van der Waals surface area contributed by atoms with Gasteiger partial charge in [-0.15, -0.1) is 0 Å². The maximum Gasteiger partial charge on any atom is 0.231 e. The molecule has 2 atom stereocenters. The van der Waals surface area contributed by atoms with E-state index in [1.54, 1.807) is 0 Å². The second-order valence-corrected chi connectivity index (χ2v) is 5.24. The summed E-state index contributed by atoms with van der Waals surface area (Å²) in [6.07, 6.45) is 0. The maximum absolute atomic E-state index is 5.32. The van der Waals surface area contributed by atoms with Gasteiger partial charge in [0.15, 0.2) is 0 Å². The Morgan fingerprint density at radius 1 is 1.22 bits per heavy atom. The van der Waals surface area contributed by atoms with Crippen molar-refractivity contribution in [3.05, 3.63) is 34.6 Å². The normalized spacial score (nSPS) is 14.4. The van der Waals surface area contributed by atoms with Crippen molar-refractivity contribution in [2.45, 2.75) is 25.8 Å². The standard InChI is InChI=1S/C13H16BrN3O/c1-8(9(2)15-3)13-16-12(17-18-13)10-4-6-11(14)7-5-10/h4-9,15H,1-3H3. The van der Waals surface area contributed by atoms with E-state index in [1.165, 1.54) is 0 Å². The van der Waals surface area contributed by atoms with E-state index in [2.05, 4.69) is 45.2 Å². The minimum Gasteiger partial charge on any atom is -0.339 e. The highest BCUT2D eigenvalue weighted by Crippen LogP contribution is 2.22. The fourth-order valence-corrected chi connectivity index (χ4v) is 1.86. The van der Waals surface area contributed by atoms with E-state index in [9.17, 15) is 0 Å². The average molecular weight is 310 g/mol. The maximum atomic E-state index is 5.32. The molecule has 1 N–H and O–H groups in total. The molecular weight excluding hydrogens is 294 g/mol. The van der Waals surface area contributed by atoms with Crippen molar-refractivity contribution < 1.29 is 4.52 Å². The molecular formula is C13H16BrN3O. The van der Waals surface area contributed by atoms with Crippen LogP contribution in [0.3, 0.4) is 0 Å². The van der Waals surface area contributed by atoms with Gasteiger partial charge in [-0.1, -0.05) is 28.0 Å². The van der Waals surface area contributed by atoms with Crippen LogP contribution in [-0.2, 0) is 0 Å². The minimum absolute atomic E-state index is 0.187. The van der Waals surface area contributed by atoms with Gasteiger partial charge in [-0.3, -0.25) is 0 Å². The monoisotopic (exact) mass is 309 g/mol. The molecule has 96 valence electrons. The third-order valence-electron chi connectivity index (χ3n) is 3.14. The van der Waals surface area contributed by atoms with Crippen molar-refractivity contribution in [2.24, 2.45) is 0 Å². The molecule has 2 aromatic rings. The number of nitrogens with zero attached hydrogens (tertiary/aromatic N) is 2. The predicted molar refractivity (Wildman–Crippen MR) is 74.4 cm³/mol. The summed E-state index contributed by atoms with van der Waals surface area (Å²) >= 11 is 3.40. The average Bonchev–Trinajstić information content (AvgIpc) is 2.87. The highest BCUT2D eigenvalue weighted by molar-refractivity contribution is 9.10. The number of halogens is 1. The van der Waals surface area contributed by atoms with E-state index in [-0.39, 0.29) is 5.92 Å². The molecule has 2 rings (SSSR count). The van der Waals surface area contributed by atoms with Crippen molar-refractivity contribution in [3.8, 4) is 11.4 Å². The Kier molecular flexibility index (Phi) is 4.14. The lowest BCUT2D eigenvalue weighted by atomic mass is 10.0. The number of hydrogen-bond acceptors (Lipinski definition) is 4. The number of nitrogens with one attached hydrogen (secondary N) is 1. The van der Waals surface area contributed by atoms with E-state index < -0.39 is 0 Å². The number of rotatable bonds is 4. The molecule has 0 saturated heterocycles. The van der Waals surface area contributed by atoms with Gasteiger partial charge in [-0.05, 0) is 38.2 Å². The van der Waals surface area contributed by atoms with Crippen molar-refractivity contribution in [2.75, 3.05) is 7.05 Å². The first-order valence-electron chi connectivity index (χ1n) is 5.88. The van der Waals surface area contributed by atoms with Gasteiger partial charge in [0.05, 0.1) is 5.92 Å². The topological polar surface area (TPSA) is 51.0 Å². The molecule has 4 nitrogen and oxygen atoms in total. The Morgan fingerprint density at radius 3 is 2.50 bits per heavy atom. The lowest BCUT2D eigenvalue weighted by Gasteiger charge is -2.14. The van der Waals surface area contributed by atoms with Crippen LogP contribution in [0.1, 0.15) is 25.7 Å². The van der Waals surface area contributed by atoms with Crippen LogP contribution in [0.5, 0.6) is 0 Å². The molecule has 0 aliphatic rings. The van der Waals surface area contributed by atoms with Gasteiger partial charge >= 0.3 is 0 Å². The van der Waals surface area contributed by atoms with Gasteiger partial charge in [0, 0.05) is 16.1 Å². The summed E-state index contributed by atoms with van der Waals surface area (Å²) in [6.45, 7) is 4.16. The molecule has 0 aliphatic carbocycles. The van der Waals surface area contributed by atoms with Gasteiger partial charge < -0.3 is 9.84 Å². The molecule has 0 amide bonds. The van der Waals surface area contributed by atoms with Crippen LogP contribution in [0.25, 0.3) is 11.4 Å². The summed E-state index contributed by atoms with van der Waals surface area (Å²) < 4.78 is 6.36. The Balaban J connectivity index is 2.22. The largest absolute Gasteiger partial charge is 0.339 e. The number of likely N-dealkylation sites (N-methyl/N-ethyl adjacent to an activating group) is 1. The first-order chi connectivity index (χ1) is 8.61. The zero-order chi connectivity index (χ0) is 13.1. The Bertz CT molecular complexity index is 509. The van der Waals surface area contributed by atoms with Crippen LogP contribution >= 0.6 is 15.9 Å². The molecule has 2 unspecified atom stereocenters. The molecule has 18 heavy (non-hydrogen) atoms. The van der Waals surface area contributed by atoms with Crippen molar-refractivity contribution in [1.29, 1.82) is 0 Å². The molecule has 0 radical (unpaired) electrons. The Labute approximate surface area is 115 Å². The van der Waals surface area contributed by atoms with Gasteiger partial charge in [-0.2, -0.15) is 4.98 Å². The predicted octanol–water partition coefficient (Wildman–Crippen LogP) is 3.21. The van der Waals surface area contributed by atoms with Gasteiger partial charge in [-0.25, -0.2) is 0 Å². The van der Waals surface area contributed by atoms with Crippen LogP contribution in [-0.4, -0.2) is 23.2 Å². The third kappa shape index (κ3) is 2.79. The summed E-state index contributed by atoms with van der Waals surface area (Å²) in [5.41, 5.74) is 0.956. The molecule has 0 aliphatic heterocycles. The lowest BCUT2D eigenvalue weighted by Crippen LogP contribution is -2.27. The summed E-state index contributed by atoms with van der Waals surface area (Å²) in [5, 5.41) is 7.21. The van der Waals surface area contributed by atoms with Crippen LogP contribution in [0, 0.1) is 0 Å². The molecule has 0 fully saturated rings. The van der Waals surface area contributed by atoms with Gasteiger partial charge in [0.2, 0.25) is 11.7 Å². The number of benzene rings is 1. The first kappa shape index (κ1) is 13.2. The minimum atomic E-state index is 0.187. The van der Waals surface area contributed by atoms with Crippen LogP contribution < -0.4 is 5.32 Å². The van der Waals surface area contributed by atoms with Gasteiger partial charge in [0.1, 0.15) is 0 Å². The summed E-state index contributed by atoms with van der Waals surface area (Å²) in [5.74, 6) is 1.48. The summed E-state index contributed by atoms with van der Waals surface area (Å²) in [4.78, 5) is 4.45. The van der Waals surface area contributed by atoms with Crippen LogP contribution in [0.4, 0.5) is 0 Å².